The van der Waals surface area contributed by atoms with E-state index in [1.165, 1.54) is 66.8 Å². The fourth-order valence-corrected chi connectivity index (χ4v) is 7.48. The minimum Gasteiger partial charge on any atom is -0.341 e. The summed E-state index contributed by atoms with van der Waals surface area (Å²) in [5, 5.41) is 2.68. The molecule has 9 rings (SSSR count). The number of nitrogens with zero attached hydrogens (tertiary/aromatic N) is 4. The molecule has 0 bridgehead atoms. The molecule has 1 aromatic heterocycles. The lowest BCUT2D eigenvalue weighted by molar-refractivity contribution is 0.338. The Balaban J connectivity index is 0.000000172. The molecule has 0 unspecified atom stereocenters. The van der Waals surface area contributed by atoms with E-state index >= 15 is 0 Å². The molecule has 0 aliphatic carbocycles. The van der Waals surface area contributed by atoms with Crippen LogP contribution in [0.25, 0.3) is 21.8 Å². The van der Waals surface area contributed by atoms with Gasteiger partial charge in [0.05, 0.1) is 17.7 Å². The summed E-state index contributed by atoms with van der Waals surface area (Å²) in [6.07, 6.45) is 2.12. The highest BCUT2D eigenvalue weighted by Gasteiger charge is 2.21. The Labute approximate surface area is 332 Å². The molecular weight excluding hydrogens is 669 g/mol. The maximum Gasteiger partial charge on any atom is 0.0752 e. The number of fused-ring (bicyclic) bond motifs is 7. The molecule has 0 atom stereocenters. The van der Waals surface area contributed by atoms with Gasteiger partial charge in [0.1, 0.15) is 0 Å². The molecular formula is C51H64N4. The lowest BCUT2D eigenvalue weighted by Crippen LogP contribution is -2.22. The second-order valence-electron chi connectivity index (χ2n) is 13.0. The summed E-state index contributed by atoms with van der Waals surface area (Å²) in [5.41, 5.74) is 13.8. The predicted octanol–water partition coefficient (Wildman–Crippen LogP) is 13.9. The van der Waals surface area contributed by atoms with Crippen molar-refractivity contribution in [1.29, 1.82) is 0 Å². The van der Waals surface area contributed by atoms with Crippen molar-refractivity contribution in [3.8, 4) is 0 Å². The molecule has 0 spiro atoms. The van der Waals surface area contributed by atoms with Crippen LogP contribution >= 0.6 is 0 Å². The van der Waals surface area contributed by atoms with Gasteiger partial charge in [0.2, 0.25) is 0 Å². The van der Waals surface area contributed by atoms with Gasteiger partial charge in [-0.3, -0.25) is 4.90 Å². The molecule has 4 nitrogen and oxygen atoms in total. The van der Waals surface area contributed by atoms with Crippen LogP contribution in [-0.4, -0.2) is 36.7 Å². The van der Waals surface area contributed by atoms with Crippen LogP contribution in [0, 0.1) is 0 Å². The van der Waals surface area contributed by atoms with E-state index < -0.39 is 0 Å². The van der Waals surface area contributed by atoms with E-state index in [0.29, 0.717) is 0 Å². The van der Waals surface area contributed by atoms with Crippen LogP contribution in [0.5, 0.6) is 0 Å². The molecule has 288 valence electrons. The summed E-state index contributed by atoms with van der Waals surface area (Å²) < 4.78 is 2.37. The van der Waals surface area contributed by atoms with Gasteiger partial charge in [-0.1, -0.05) is 151 Å². The van der Waals surface area contributed by atoms with Gasteiger partial charge in [0, 0.05) is 59.5 Å². The van der Waals surface area contributed by atoms with Crippen LogP contribution in [-0.2, 0) is 19.5 Å². The topological polar surface area (TPSA) is 14.7 Å². The first-order chi connectivity index (χ1) is 27.1. The molecule has 0 amide bonds. The van der Waals surface area contributed by atoms with Crippen molar-refractivity contribution >= 4 is 44.6 Å². The lowest BCUT2D eigenvalue weighted by atomic mass is 9.96. The van der Waals surface area contributed by atoms with Crippen LogP contribution in [0.3, 0.4) is 0 Å². The van der Waals surface area contributed by atoms with Crippen molar-refractivity contribution in [1.82, 2.24) is 9.47 Å². The highest BCUT2D eigenvalue weighted by molar-refractivity contribution is 6.07. The zero-order chi connectivity index (χ0) is 39.7. The summed E-state index contributed by atoms with van der Waals surface area (Å²) in [4.78, 5) is 6.99. The second-order valence-corrected chi connectivity index (χ2v) is 13.0. The number of benzene rings is 6. The predicted molar refractivity (Wildman–Crippen MR) is 244 cm³/mol. The molecule has 0 N–H and O–H groups in total. The van der Waals surface area contributed by atoms with E-state index in [4.69, 9.17) is 0 Å². The Kier molecular flexibility index (Phi) is 16.6. The fraction of sp³-hybridized carbons (Fsp3) is 0.294. The molecule has 3 heterocycles. The molecule has 7 aromatic rings. The van der Waals surface area contributed by atoms with Crippen molar-refractivity contribution in [3.63, 3.8) is 0 Å². The van der Waals surface area contributed by atoms with E-state index in [9.17, 15) is 0 Å². The third-order valence-corrected chi connectivity index (χ3v) is 9.63. The number of rotatable bonds is 4. The first-order valence-electron chi connectivity index (χ1n) is 20.5. The molecule has 0 saturated carbocycles. The zero-order valence-corrected chi connectivity index (χ0v) is 35.2. The van der Waals surface area contributed by atoms with Gasteiger partial charge in [-0.15, -0.1) is 0 Å². The van der Waals surface area contributed by atoms with Gasteiger partial charge in [0.15, 0.2) is 0 Å². The first-order valence-corrected chi connectivity index (χ1v) is 20.5. The maximum absolute atomic E-state index is 2.40. The molecule has 0 saturated heterocycles. The minimum absolute atomic E-state index is 0.911. The Morgan fingerprint density at radius 2 is 0.673 bits per heavy atom. The van der Waals surface area contributed by atoms with Crippen LogP contribution in [0.1, 0.15) is 77.6 Å². The Morgan fingerprint density at radius 3 is 0.964 bits per heavy atom. The number of anilines is 4. The van der Waals surface area contributed by atoms with Crippen molar-refractivity contribution in [2.75, 3.05) is 37.0 Å². The van der Waals surface area contributed by atoms with Crippen molar-refractivity contribution < 1.29 is 0 Å². The quantitative estimate of drug-likeness (QED) is 0.179. The third-order valence-electron chi connectivity index (χ3n) is 9.63. The number of para-hydroxylation sites is 6. The number of hydrogen-bond acceptors (Lipinski definition) is 3. The van der Waals surface area contributed by atoms with Crippen molar-refractivity contribution in [2.24, 2.45) is 0 Å². The number of hydrogen-bond donors (Lipinski definition) is 0. The first kappa shape index (κ1) is 42.4. The molecule has 55 heavy (non-hydrogen) atoms. The van der Waals surface area contributed by atoms with Gasteiger partial charge >= 0.3 is 0 Å². The second kappa shape index (κ2) is 21.5. The number of aromatic nitrogens is 1. The van der Waals surface area contributed by atoms with E-state index in [1.807, 2.05) is 41.5 Å². The summed E-state index contributed by atoms with van der Waals surface area (Å²) in [7, 11) is 4.20. The highest BCUT2D eigenvalue weighted by Crippen LogP contribution is 2.39. The van der Waals surface area contributed by atoms with E-state index in [1.54, 1.807) is 0 Å². The van der Waals surface area contributed by atoms with Crippen LogP contribution in [0.2, 0.25) is 0 Å². The highest BCUT2D eigenvalue weighted by atomic mass is 15.2. The van der Waals surface area contributed by atoms with E-state index in [0.717, 1.165) is 32.6 Å². The molecule has 2 aliphatic rings. The van der Waals surface area contributed by atoms with Crippen molar-refractivity contribution in [3.05, 3.63) is 168 Å². The largest absolute Gasteiger partial charge is 0.341 e. The summed E-state index contributed by atoms with van der Waals surface area (Å²) in [6.45, 7) is 19.4. The summed E-state index contributed by atoms with van der Waals surface area (Å²) >= 11 is 0. The van der Waals surface area contributed by atoms with Crippen molar-refractivity contribution in [2.45, 2.75) is 74.9 Å². The van der Waals surface area contributed by atoms with Gasteiger partial charge < -0.3 is 14.4 Å². The van der Waals surface area contributed by atoms with E-state index in [2.05, 4.69) is 193 Å². The zero-order valence-electron chi connectivity index (χ0n) is 35.2. The molecule has 0 fully saturated rings. The molecule has 4 heteroatoms. The fourth-order valence-electron chi connectivity index (χ4n) is 7.48. The standard InChI is InChI=1S/C15H16N2.2C15H15N.3C2H6/c1-16(2)11-17-14-9-5-3-7-12(14)13-8-4-6-10-15(13)17;2*1-2-16-14-9-5-3-7-12(14)11-13-8-4-6-10-15(13)16;3*1-2/h3-10H,11H2,1-2H3;2*3-10H,2,11H2,1H3;3*1-2H3. The van der Waals surface area contributed by atoms with E-state index in [-0.39, 0.29) is 0 Å². The molecule has 0 radical (unpaired) electrons. The van der Waals surface area contributed by atoms with Crippen LogP contribution in [0.15, 0.2) is 146 Å². The summed E-state index contributed by atoms with van der Waals surface area (Å²) in [5.74, 6) is 0. The molecule has 2 aliphatic heterocycles. The third kappa shape index (κ3) is 9.68. The normalized spacial score (nSPS) is 11.6. The smallest absolute Gasteiger partial charge is 0.0752 e. The maximum atomic E-state index is 2.40. The van der Waals surface area contributed by atoms with Gasteiger partial charge in [-0.25, -0.2) is 0 Å². The Bertz CT molecular complexity index is 1950. The van der Waals surface area contributed by atoms with Crippen LogP contribution < -0.4 is 9.80 Å². The monoisotopic (exact) mass is 733 g/mol. The SMILES string of the molecule is CC.CC.CC.CCN1c2ccccc2Cc2ccccc21.CCN1c2ccccc2Cc2ccccc21.CN(C)Cn1c2ccccc2c2ccccc21. The minimum atomic E-state index is 0.911. The van der Waals surface area contributed by atoms with Gasteiger partial charge in [0.25, 0.3) is 0 Å². The van der Waals surface area contributed by atoms with Crippen LogP contribution in [0.4, 0.5) is 22.7 Å². The lowest BCUT2D eigenvalue weighted by Gasteiger charge is -2.32. The Morgan fingerprint density at radius 1 is 0.400 bits per heavy atom. The van der Waals surface area contributed by atoms with Gasteiger partial charge in [-0.05, 0) is 86.6 Å². The van der Waals surface area contributed by atoms with Gasteiger partial charge in [-0.2, -0.15) is 0 Å². The average Bonchev–Trinajstić information content (AvgIpc) is 3.57. The molecule has 6 aromatic carbocycles. The average molecular weight is 733 g/mol. The summed E-state index contributed by atoms with van der Waals surface area (Å²) in [6, 6.07) is 52.0. The Hall–Kier alpha value is -5.32.